The average Bonchev–Trinajstić information content (AvgIpc) is 2.86. The molecule has 9 nitrogen and oxygen atoms in total. The average molecular weight is 536 g/mol. The number of benzene rings is 2. The van der Waals surface area contributed by atoms with Gasteiger partial charge in [-0.2, -0.15) is 0 Å². The number of carbonyl (C=O) groups excluding carboxylic acids is 2. The van der Waals surface area contributed by atoms with E-state index in [1.165, 1.54) is 35.2 Å². The number of halogens is 1. The number of nitrogens with one attached hydrogen (secondary N) is 1. The van der Waals surface area contributed by atoms with E-state index < -0.39 is 34.3 Å². The molecule has 0 unspecified atom stereocenters. The van der Waals surface area contributed by atoms with Gasteiger partial charge in [0.15, 0.2) is 11.5 Å². The summed E-state index contributed by atoms with van der Waals surface area (Å²) in [4.78, 5) is 28.1. The first kappa shape index (κ1) is 28.2. The minimum absolute atomic E-state index is 0.00542. The number of anilines is 1. The van der Waals surface area contributed by atoms with E-state index >= 15 is 0 Å². The maximum absolute atomic E-state index is 13.7. The van der Waals surface area contributed by atoms with Crippen molar-refractivity contribution in [2.24, 2.45) is 5.92 Å². The van der Waals surface area contributed by atoms with Crippen LogP contribution in [-0.4, -0.2) is 63.7 Å². The van der Waals surface area contributed by atoms with Crippen LogP contribution in [-0.2, 0) is 26.2 Å². The van der Waals surface area contributed by atoms with Crippen molar-refractivity contribution in [2.45, 2.75) is 39.8 Å². The molecule has 2 aromatic rings. The van der Waals surface area contributed by atoms with Crippen LogP contribution >= 0.6 is 0 Å². The Hall–Kier alpha value is -3.34. The normalized spacial score (nSPS) is 13.7. The number of sulfonamides is 1. The van der Waals surface area contributed by atoms with E-state index in [0.717, 1.165) is 10.6 Å². The van der Waals surface area contributed by atoms with Crippen LogP contribution in [0.4, 0.5) is 10.1 Å². The predicted molar refractivity (Wildman–Crippen MR) is 138 cm³/mol. The van der Waals surface area contributed by atoms with Gasteiger partial charge < -0.3 is 19.7 Å². The third-order valence-electron chi connectivity index (χ3n) is 5.83. The highest BCUT2D eigenvalue weighted by atomic mass is 32.2. The third kappa shape index (κ3) is 7.58. The van der Waals surface area contributed by atoms with Crippen molar-refractivity contribution in [3.8, 4) is 11.5 Å². The number of rotatable bonds is 11. The summed E-state index contributed by atoms with van der Waals surface area (Å²) in [6.07, 6.45) is 1.31. The molecule has 0 bridgehead atoms. The van der Waals surface area contributed by atoms with Crippen LogP contribution in [0.1, 0.15) is 32.8 Å². The van der Waals surface area contributed by atoms with Gasteiger partial charge in [-0.25, -0.2) is 12.8 Å². The molecule has 0 aromatic heterocycles. The lowest BCUT2D eigenvalue weighted by atomic mass is 10.1. The van der Waals surface area contributed by atoms with Gasteiger partial charge in [-0.1, -0.05) is 32.9 Å². The fraction of sp³-hybridized carbons (Fsp3) is 0.462. The lowest BCUT2D eigenvalue weighted by molar-refractivity contribution is -0.140. The van der Waals surface area contributed by atoms with Gasteiger partial charge in [0.05, 0.1) is 11.9 Å². The maximum Gasteiger partial charge on any atom is 0.244 e. The SMILES string of the molecule is CC[C@@H](C(=O)NCC(C)C)N(Cc1ccc(F)cc1)C(=O)CN(c1ccc2c(c1)OCCO2)S(C)(=O)=O. The molecule has 0 spiro atoms. The summed E-state index contributed by atoms with van der Waals surface area (Å²) in [5.74, 6) is -0.259. The van der Waals surface area contributed by atoms with Gasteiger partial charge in [-0.15, -0.1) is 0 Å². The smallest absolute Gasteiger partial charge is 0.244 e. The molecule has 1 heterocycles. The van der Waals surface area contributed by atoms with Crippen LogP contribution in [0.2, 0.25) is 0 Å². The van der Waals surface area contributed by atoms with Crippen LogP contribution in [0.5, 0.6) is 11.5 Å². The van der Waals surface area contributed by atoms with Crippen molar-refractivity contribution in [3.05, 3.63) is 53.8 Å². The Balaban J connectivity index is 1.93. The van der Waals surface area contributed by atoms with Crippen molar-refractivity contribution in [1.29, 1.82) is 0 Å². The van der Waals surface area contributed by atoms with Crippen LogP contribution in [0.3, 0.4) is 0 Å². The molecule has 0 fully saturated rings. The lowest BCUT2D eigenvalue weighted by Gasteiger charge is -2.33. The largest absolute Gasteiger partial charge is 0.486 e. The zero-order valence-corrected chi connectivity index (χ0v) is 22.4. The van der Waals surface area contributed by atoms with E-state index in [0.29, 0.717) is 43.2 Å². The second kappa shape index (κ2) is 12.3. The van der Waals surface area contributed by atoms with Crippen LogP contribution in [0.15, 0.2) is 42.5 Å². The first-order chi connectivity index (χ1) is 17.5. The van der Waals surface area contributed by atoms with E-state index in [2.05, 4.69) is 5.32 Å². The molecule has 1 aliphatic heterocycles. The monoisotopic (exact) mass is 535 g/mol. The van der Waals surface area contributed by atoms with Gasteiger partial charge in [0.25, 0.3) is 0 Å². The number of hydrogen-bond acceptors (Lipinski definition) is 6. The van der Waals surface area contributed by atoms with E-state index in [1.54, 1.807) is 19.1 Å². The first-order valence-electron chi connectivity index (χ1n) is 12.2. The van der Waals surface area contributed by atoms with E-state index in [-0.39, 0.29) is 24.1 Å². The molecule has 0 saturated heterocycles. The summed E-state index contributed by atoms with van der Waals surface area (Å²) >= 11 is 0. The third-order valence-corrected chi connectivity index (χ3v) is 6.97. The van der Waals surface area contributed by atoms with Crippen molar-refractivity contribution in [2.75, 3.05) is 36.9 Å². The zero-order valence-electron chi connectivity index (χ0n) is 21.6. The van der Waals surface area contributed by atoms with Crippen molar-refractivity contribution in [1.82, 2.24) is 10.2 Å². The summed E-state index contributed by atoms with van der Waals surface area (Å²) in [5.41, 5.74) is 0.842. The maximum atomic E-state index is 13.7. The molecule has 0 saturated carbocycles. The number of carbonyl (C=O) groups is 2. The highest BCUT2D eigenvalue weighted by Crippen LogP contribution is 2.34. The fourth-order valence-corrected chi connectivity index (χ4v) is 4.77. The quantitative estimate of drug-likeness (QED) is 0.474. The number of ether oxygens (including phenoxy) is 2. The highest BCUT2D eigenvalue weighted by Gasteiger charge is 2.32. The lowest BCUT2D eigenvalue weighted by Crippen LogP contribution is -2.52. The number of nitrogens with zero attached hydrogens (tertiary/aromatic N) is 2. The van der Waals surface area contributed by atoms with Gasteiger partial charge >= 0.3 is 0 Å². The summed E-state index contributed by atoms with van der Waals surface area (Å²) in [5, 5.41) is 2.86. The molecule has 2 amide bonds. The van der Waals surface area contributed by atoms with Crippen LogP contribution < -0.4 is 19.1 Å². The Labute approximate surface area is 217 Å². The highest BCUT2D eigenvalue weighted by molar-refractivity contribution is 7.92. The van der Waals surface area contributed by atoms with Crippen LogP contribution in [0, 0.1) is 11.7 Å². The Morgan fingerprint density at radius 2 is 1.70 bits per heavy atom. The second-order valence-electron chi connectivity index (χ2n) is 9.31. The molecule has 1 aliphatic rings. The molecule has 1 N–H and O–H groups in total. The standard InChI is InChI=1S/C26H34FN3O6S/c1-5-22(26(32)28-15-18(2)3)29(16-19-6-8-20(27)9-7-19)25(31)17-30(37(4,33)34)21-10-11-23-24(14-21)36-13-12-35-23/h6-11,14,18,22H,5,12-13,15-17H2,1-4H3,(H,28,32)/t22-/m0/s1. The van der Waals surface area contributed by atoms with Crippen molar-refractivity contribution in [3.63, 3.8) is 0 Å². The fourth-order valence-electron chi connectivity index (χ4n) is 3.93. The molecule has 0 radical (unpaired) electrons. The van der Waals surface area contributed by atoms with Gasteiger partial charge in [0, 0.05) is 19.2 Å². The molecular weight excluding hydrogens is 501 g/mol. The van der Waals surface area contributed by atoms with E-state index in [9.17, 15) is 22.4 Å². The topological polar surface area (TPSA) is 105 Å². The number of hydrogen-bond donors (Lipinski definition) is 1. The van der Waals surface area contributed by atoms with Crippen molar-refractivity contribution < 1.29 is 31.9 Å². The summed E-state index contributed by atoms with van der Waals surface area (Å²) in [7, 11) is -3.89. The molecule has 2 aromatic carbocycles. The number of fused-ring (bicyclic) bond motifs is 1. The Morgan fingerprint density at radius 3 is 2.30 bits per heavy atom. The molecule has 11 heteroatoms. The second-order valence-corrected chi connectivity index (χ2v) is 11.2. The molecular formula is C26H34FN3O6S. The summed E-state index contributed by atoms with van der Waals surface area (Å²) in [6.45, 7) is 6.30. The molecule has 3 rings (SSSR count). The Kier molecular flexibility index (Phi) is 9.36. The van der Waals surface area contributed by atoms with Gasteiger partial charge in [0.1, 0.15) is 31.6 Å². The minimum atomic E-state index is -3.89. The molecule has 1 atom stereocenters. The Bertz CT molecular complexity index is 1200. The van der Waals surface area contributed by atoms with E-state index in [4.69, 9.17) is 9.47 Å². The number of amides is 2. The molecule has 202 valence electrons. The summed E-state index contributed by atoms with van der Waals surface area (Å²) in [6, 6.07) is 9.41. The predicted octanol–water partition coefficient (Wildman–Crippen LogP) is 2.94. The zero-order chi connectivity index (χ0) is 27.2. The van der Waals surface area contributed by atoms with Crippen molar-refractivity contribution >= 4 is 27.5 Å². The Morgan fingerprint density at radius 1 is 1.05 bits per heavy atom. The van der Waals surface area contributed by atoms with Gasteiger partial charge in [0.2, 0.25) is 21.8 Å². The van der Waals surface area contributed by atoms with Gasteiger partial charge in [-0.05, 0) is 42.2 Å². The molecule has 0 aliphatic carbocycles. The first-order valence-corrected chi connectivity index (χ1v) is 14.0. The minimum Gasteiger partial charge on any atom is -0.486 e. The van der Waals surface area contributed by atoms with E-state index in [1.807, 2.05) is 13.8 Å². The van der Waals surface area contributed by atoms with Gasteiger partial charge in [-0.3, -0.25) is 13.9 Å². The van der Waals surface area contributed by atoms with Crippen LogP contribution in [0.25, 0.3) is 0 Å². The summed E-state index contributed by atoms with van der Waals surface area (Å²) < 4.78 is 51.1. The molecule has 37 heavy (non-hydrogen) atoms.